The van der Waals surface area contributed by atoms with E-state index in [0.29, 0.717) is 17.3 Å². The number of nitrogens with zero attached hydrogens (tertiary/aromatic N) is 2. The Balaban J connectivity index is 0.00000342. The zero-order valence-electron chi connectivity index (χ0n) is 19.7. The van der Waals surface area contributed by atoms with E-state index in [1.807, 2.05) is 24.3 Å². The molecule has 8 heteroatoms. The highest BCUT2D eigenvalue weighted by Crippen LogP contribution is 2.28. The van der Waals surface area contributed by atoms with Crippen LogP contribution in [0.5, 0.6) is 5.75 Å². The molecule has 1 amide bonds. The summed E-state index contributed by atoms with van der Waals surface area (Å²) in [5.74, 6) is 0.237. The average molecular weight is 518 g/mol. The summed E-state index contributed by atoms with van der Waals surface area (Å²) < 4.78 is 19.3. The lowest BCUT2D eigenvalue weighted by Crippen LogP contribution is -2.43. The number of rotatable bonds is 8. The number of ether oxygens (including phenoxy) is 1. The fourth-order valence-electron chi connectivity index (χ4n) is 3.91. The number of carbonyl (C=O) groups excluding carboxylic acids is 1. The second-order valence-electron chi connectivity index (χ2n) is 8.60. The molecule has 0 aromatic heterocycles. The van der Waals surface area contributed by atoms with Gasteiger partial charge in [0.1, 0.15) is 11.6 Å². The standard InChI is InChI=1S/C27H29ClFN3O2.ClH/c1-31-12-14-32(15-13-31)18-23-16-22(21-4-9-25(29)10-5-21)6-11-26(23)34-19-27(33)30-17-20-2-7-24(28)8-3-20;/h2-11,16H,12-15,17-19H2,1H3,(H,30,33);1H. The van der Waals surface area contributed by atoms with Gasteiger partial charge >= 0.3 is 0 Å². The van der Waals surface area contributed by atoms with Crippen molar-refractivity contribution in [1.29, 1.82) is 0 Å². The molecule has 0 bridgehead atoms. The highest BCUT2D eigenvalue weighted by Gasteiger charge is 2.17. The van der Waals surface area contributed by atoms with Crippen molar-refractivity contribution in [1.82, 2.24) is 15.1 Å². The molecule has 0 aliphatic carbocycles. The van der Waals surface area contributed by atoms with Gasteiger partial charge in [0.15, 0.2) is 6.61 Å². The third-order valence-corrected chi connectivity index (χ3v) is 6.24. The Morgan fingerprint density at radius 3 is 2.31 bits per heavy atom. The first-order chi connectivity index (χ1) is 16.5. The number of piperazine rings is 1. The van der Waals surface area contributed by atoms with Crippen LogP contribution in [0.25, 0.3) is 11.1 Å². The van der Waals surface area contributed by atoms with E-state index in [4.69, 9.17) is 16.3 Å². The third-order valence-electron chi connectivity index (χ3n) is 5.99. The van der Waals surface area contributed by atoms with Crippen molar-refractivity contribution in [2.75, 3.05) is 39.8 Å². The zero-order valence-corrected chi connectivity index (χ0v) is 21.2. The predicted molar refractivity (Wildman–Crippen MR) is 141 cm³/mol. The number of carbonyl (C=O) groups is 1. The molecule has 1 N–H and O–H groups in total. The molecule has 0 unspecified atom stereocenters. The van der Waals surface area contributed by atoms with Crippen molar-refractivity contribution in [3.8, 4) is 16.9 Å². The van der Waals surface area contributed by atoms with Crippen molar-refractivity contribution in [3.63, 3.8) is 0 Å². The van der Waals surface area contributed by atoms with Gasteiger partial charge < -0.3 is 15.0 Å². The summed E-state index contributed by atoms with van der Waals surface area (Å²) in [6, 6.07) is 19.8. The molecular formula is C27H30Cl2FN3O2. The van der Waals surface area contributed by atoms with Gasteiger partial charge in [0.2, 0.25) is 0 Å². The highest BCUT2D eigenvalue weighted by atomic mass is 35.5. The van der Waals surface area contributed by atoms with Gasteiger partial charge in [0, 0.05) is 49.9 Å². The van der Waals surface area contributed by atoms with E-state index < -0.39 is 0 Å². The maximum absolute atomic E-state index is 13.4. The van der Waals surface area contributed by atoms with Gasteiger partial charge in [-0.05, 0) is 60.1 Å². The molecule has 0 atom stereocenters. The van der Waals surface area contributed by atoms with Crippen molar-refractivity contribution in [2.45, 2.75) is 13.1 Å². The van der Waals surface area contributed by atoms with E-state index in [1.165, 1.54) is 12.1 Å². The molecule has 0 spiro atoms. The van der Waals surface area contributed by atoms with Gasteiger partial charge in [0.25, 0.3) is 5.91 Å². The minimum atomic E-state index is -0.258. The Labute approximate surface area is 217 Å². The van der Waals surface area contributed by atoms with Crippen LogP contribution in [0.1, 0.15) is 11.1 Å². The molecule has 1 saturated heterocycles. The molecule has 3 aromatic rings. The van der Waals surface area contributed by atoms with Crippen LogP contribution in [-0.2, 0) is 17.9 Å². The summed E-state index contributed by atoms with van der Waals surface area (Å²) in [5, 5.41) is 3.54. The lowest BCUT2D eigenvalue weighted by Gasteiger charge is -2.32. The SMILES string of the molecule is CN1CCN(Cc2cc(-c3ccc(F)cc3)ccc2OCC(=O)NCc2ccc(Cl)cc2)CC1.Cl. The Morgan fingerprint density at radius 1 is 0.971 bits per heavy atom. The second kappa shape index (κ2) is 12.9. The first kappa shape index (κ1) is 27.0. The molecule has 35 heavy (non-hydrogen) atoms. The molecule has 1 fully saturated rings. The van der Waals surface area contributed by atoms with E-state index in [0.717, 1.165) is 55.0 Å². The van der Waals surface area contributed by atoms with Crippen LogP contribution in [0, 0.1) is 5.82 Å². The van der Waals surface area contributed by atoms with E-state index in [1.54, 1.807) is 24.3 Å². The number of benzene rings is 3. The number of hydrogen-bond acceptors (Lipinski definition) is 4. The lowest BCUT2D eigenvalue weighted by atomic mass is 10.0. The van der Waals surface area contributed by atoms with Crippen molar-refractivity contribution in [3.05, 3.63) is 88.7 Å². The normalized spacial score (nSPS) is 14.3. The van der Waals surface area contributed by atoms with Crippen molar-refractivity contribution >= 4 is 29.9 Å². The molecule has 1 aliphatic heterocycles. The average Bonchev–Trinajstić information content (AvgIpc) is 2.85. The number of nitrogens with one attached hydrogen (secondary N) is 1. The van der Waals surface area contributed by atoms with Crippen LogP contribution < -0.4 is 10.1 Å². The molecule has 0 saturated carbocycles. The summed E-state index contributed by atoms with van der Waals surface area (Å²) in [4.78, 5) is 17.1. The van der Waals surface area contributed by atoms with E-state index >= 15 is 0 Å². The van der Waals surface area contributed by atoms with Gasteiger partial charge in [0.05, 0.1) is 0 Å². The maximum Gasteiger partial charge on any atom is 0.258 e. The highest BCUT2D eigenvalue weighted by molar-refractivity contribution is 6.30. The first-order valence-corrected chi connectivity index (χ1v) is 11.8. The second-order valence-corrected chi connectivity index (χ2v) is 9.04. The number of halogens is 3. The summed E-state index contributed by atoms with van der Waals surface area (Å²) in [6.07, 6.45) is 0. The van der Waals surface area contributed by atoms with E-state index in [2.05, 4.69) is 28.2 Å². The molecule has 5 nitrogen and oxygen atoms in total. The van der Waals surface area contributed by atoms with Gasteiger partial charge in [-0.3, -0.25) is 9.69 Å². The first-order valence-electron chi connectivity index (χ1n) is 11.4. The summed E-state index contributed by atoms with van der Waals surface area (Å²) in [7, 11) is 2.13. The fourth-order valence-corrected chi connectivity index (χ4v) is 4.04. The van der Waals surface area contributed by atoms with Crippen LogP contribution in [0.3, 0.4) is 0 Å². The van der Waals surface area contributed by atoms with Crippen molar-refractivity contribution in [2.24, 2.45) is 0 Å². The Kier molecular flexibility index (Phi) is 9.93. The molecular weight excluding hydrogens is 488 g/mol. The largest absolute Gasteiger partial charge is 0.483 e. The molecule has 186 valence electrons. The van der Waals surface area contributed by atoms with Gasteiger partial charge in [-0.25, -0.2) is 4.39 Å². The molecule has 0 radical (unpaired) electrons. The minimum absolute atomic E-state index is 0. The Morgan fingerprint density at radius 2 is 1.63 bits per heavy atom. The van der Waals surface area contributed by atoms with Crippen molar-refractivity contribution < 1.29 is 13.9 Å². The lowest BCUT2D eigenvalue weighted by molar-refractivity contribution is -0.123. The summed E-state index contributed by atoms with van der Waals surface area (Å²) in [5.41, 5.74) is 3.91. The van der Waals surface area contributed by atoms with Crippen LogP contribution in [0.4, 0.5) is 4.39 Å². The van der Waals surface area contributed by atoms with Gasteiger partial charge in [-0.1, -0.05) is 41.9 Å². The van der Waals surface area contributed by atoms with Crippen LogP contribution in [0.2, 0.25) is 5.02 Å². The molecule has 1 heterocycles. The molecule has 1 aliphatic rings. The van der Waals surface area contributed by atoms with E-state index in [9.17, 15) is 9.18 Å². The van der Waals surface area contributed by atoms with Crippen LogP contribution in [-0.4, -0.2) is 55.5 Å². The van der Waals surface area contributed by atoms with Crippen LogP contribution >= 0.6 is 24.0 Å². The smallest absolute Gasteiger partial charge is 0.258 e. The third kappa shape index (κ3) is 7.94. The Bertz CT molecular complexity index is 1100. The quantitative estimate of drug-likeness (QED) is 0.456. The summed E-state index contributed by atoms with van der Waals surface area (Å²) in [6.45, 7) is 5.04. The number of likely N-dealkylation sites (N-methyl/N-ethyl adjacent to an activating group) is 1. The summed E-state index contributed by atoms with van der Waals surface area (Å²) >= 11 is 5.91. The fraction of sp³-hybridized carbons (Fsp3) is 0.296. The van der Waals surface area contributed by atoms with E-state index in [-0.39, 0.29) is 30.7 Å². The predicted octanol–water partition coefficient (Wildman–Crippen LogP) is 5.01. The Hall–Kier alpha value is -2.64. The number of hydrogen-bond donors (Lipinski definition) is 1. The minimum Gasteiger partial charge on any atom is -0.483 e. The topological polar surface area (TPSA) is 44.8 Å². The zero-order chi connectivity index (χ0) is 23.9. The number of amides is 1. The van der Waals surface area contributed by atoms with Gasteiger partial charge in [-0.2, -0.15) is 0 Å². The molecule has 3 aromatic carbocycles. The van der Waals surface area contributed by atoms with Crippen LogP contribution in [0.15, 0.2) is 66.7 Å². The van der Waals surface area contributed by atoms with Gasteiger partial charge in [-0.15, -0.1) is 12.4 Å². The monoisotopic (exact) mass is 517 g/mol. The molecule has 4 rings (SSSR count). The maximum atomic E-state index is 13.4.